The highest BCUT2D eigenvalue weighted by atomic mass is 19.1. The molecular formula is C19H18FN5O4. The zero-order chi connectivity index (χ0) is 21.0. The molecule has 0 aliphatic heterocycles. The zero-order valence-electron chi connectivity index (χ0n) is 15.4. The van der Waals surface area contributed by atoms with Crippen molar-refractivity contribution in [2.75, 3.05) is 19.5 Å². The van der Waals surface area contributed by atoms with Crippen LogP contribution in [-0.4, -0.2) is 56.0 Å². The van der Waals surface area contributed by atoms with E-state index in [1.165, 1.54) is 18.0 Å². The van der Waals surface area contributed by atoms with Gasteiger partial charge in [0.1, 0.15) is 18.2 Å². The number of anilines is 1. The number of fused-ring (bicyclic) bond motifs is 1. The molecule has 0 spiro atoms. The van der Waals surface area contributed by atoms with Crippen molar-refractivity contribution >= 4 is 23.0 Å². The SMILES string of the molecule is C#CC(COC(=O)c1ccccc1)(OC)[C@@H](O)Cn1cnc2c(N)nc(F)nc21. The highest BCUT2D eigenvalue weighted by Crippen LogP contribution is 2.21. The highest BCUT2D eigenvalue weighted by molar-refractivity contribution is 5.89. The van der Waals surface area contributed by atoms with Gasteiger partial charge >= 0.3 is 12.0 Å². The summed E-state index contributed by atoms with van der Waals surface area (Å²) < 4.78 is 25.4. The molecule has 3 N–H and O–H groups in total. The third-order valence-corrected chi connectivity index (χ3v) is 4.41. The fourth-order valence-corrected chi connectivity index (χ4v) is 2.72. The molecule has 3 aromatic rings. The number of halogens is 1. The summed E-state index contributed by atoms with van der Waals surface area (Å²) in [5.74, 6) is 1.59. The second-order valence-electron chi connectivity index (χ2n) is 6.14. The summed E-state index contributed by atoms with van der Waals surface area (Å²) in [7, 11) is 1.28. The number of aromatic nitrogens is 4. The second-order valence-corrected chi connectivity index (χ2v) is 6.14. The fraction of sp³-hybridized carbons (Fsp3) is 0.263. The van der Waals surface area contributed by atoms with Crippen molar-refractivity contribution in [1.29, 1.82) is 0 Å². The largest absolute Gasteiger partial charge is 0.458 e. The van der Waals surface area contributed by atoms with Gasteiger partial charge < -0.3 is 24.9 Å². The van der Waals surface area contributed by atoms with Gasteiger partial charge in [-0.05, 0) is 12.1 Å². The molecule has 0 radical (unpaired) electrons. The molecule has 10 heteroatoms. The molecule has 0 bridgehead atoms. The number of aliphatic hydroxyl groups is 1. The first kappa shape index (κ1) is 20.2. The van der Waals surface area contributed by atoms with Crippen molar-refractivity contribution in [2.24, 2.45) is 0 Å². The number of imidazole rings is 1. The highest BCUT2D eigenvalue weighted by Gasteiger charge is 2.39. The Kier molecular flexibility index (Phi) is 5.72. The number of nitrogens with zero attached hydrogens (tertiary/aromatic N) is 4. The Balaban J connectivity index is 1.80. The van der Waals surface area contributed by atoms with Gasteiger partial charge in [-0.1, -0.05) is 24.1 Å². The Bertz CT molecular complexity index is 1070. The quantitative estimate of drug-likeness (QED) is 0.339. The van der Waals surface area contributed by atoms with Gasteiger partial charge in [0.25, 0.3) is 0 Å². The van der Waals surface area contributed by atoms with Crippen molar-refractivity contribution in [1.82, 2.24) is 19.5 Å². The third kappa shape index (κ3) is 4.01. The van der Waals surface area contributed by atoms with Crippen molar-refractivity contribution in [3.8, 4) is 12.3 Å². The number of methoxy groups -OCH3 is 1. The van der Waals surface area contributed by atoms with E-state index in [4.69, 9.17) is 21.6 Å². The molecule has 1 unspecified atom stereocenters. The van der Waals surface area contributed by atoms with Crippen LogP contribution in [0.15, 0.2) is 36.7 Å². The first-order valence-corrected chi connectivity index (χ1v) is 8.47. The maximum atomic E-state index is 13.5. The molecule has 0 aliphatic rings. The Morgan fingerprint density at radius 3 is 2.79 bits per heavy atom. The molecule has 0 saturated carbocycles. The Morgan fingerprint density at radius 2 is 2.14 bits per heavy atom. The first-order valence-electron chi connectivity index (χ1n) is 8.47. The number of nitrogen functional groups attached to an aromatic ring is 1. The van der Waals surface area contributed by atoms with E-state index in [2.05, 4.69) is 20.9 Å². The number of aliphatic hydroxyl groups excluding tert-OH is 1. The normalized spacial score (nSPS) is 14.1. The molecule has 2 heterocycles. The van der Waals surface area contributed by atoms with E-state index in [0.717, 1.165) is 0 Å². The lowest BCUT2D eigenvalue weighted by molar-refractivity contribution is -0.0986. The van der Waals surface area contributed by atoms with Crippen molar-refractivity contribution < 1.29 is 23.8 Å². The van der Waals surface area contributed by atoms with Crippen LogP contribution in [0.2, 0.25) is 0 Å². The molecule has 1 aromatic carbocycles. The number of hydrogen-bond acceptors (Lipinski definition) is 8. The first-order chi connectivity index (χ1) is 13.9. The van der Waals surface area contributed by atoms with Gasteiger partial charge in [0.05, 0.1) is 18.4 Å². The van der Waals surface area contributed by atoms with Gasteiger partial charge in [-0.25, -0.2) is 9.78 Å². The topological polar surface area (TPSA) is 125 Å². The number of nitrogens with two attached hydrogens (primary N) is 1. The Hall–Kier alpha value is -3.55. The molecule has 0 saturated heterocycles. The average molecular weight is 399 g/mol. The minimum absolute atomic E-state index is 0.0809. The van der Waals surface area contributed by atoms with Gasteiger partial charge in [-0.3, -0.25) is 0 Å². The summed E-state index contributed by atoms with van der Waals surface area (Å²) in [6, 6.07) is 8.30. The Morgan fingerprint density at radius 1 is 1.41 bits per heavy atom. The molecule has 9 nitrogen and oxygen atoms in total. The van der Waals surface area contributed by atoms with E-state index in [-0.39, 0.29) is 23.5 Å². The van der Waals surface area contributed by atoms with Crippen LogP contribution in [0.5, 0.6) is 0 Å². The van der Waals surface area contributed by atoms with E-state index < -0.39 is 30.4 Å². The standard InChI is InChI=1S/C19H18FN5O4/c1-3-19(28-2,10-29-17(27)12-7-5-4-6-8-12)13(26)9-25-11-22-14-15(21)23-18(20)24-16(14)25/h1,4-8,11,13,26H,9-10H2,2H3,(H2,21,23,24)/t13-,19?/m0/s1. The van der Waals surface area contributed by atoms with Crippen LogP contribution in [0.1, 0.15) is 10.4 Å². The summed E-state index contributed by atoms with van der Waals surface area (Å²) in [6.45, 7) is -0.583. The number of ether oxygens (including phenoxy) is 2. The van der Waals surface area contributed by atoms with Crippen LogP contribution in [0, 0.1) is 18.4 Å². The monoisotopic (exact) mass is 399 g/mol. The number of rotatable bonds is 7. The summed E-state index contributed by atoms with van der Waals surface area (Å²) in [4.78, 5) is 23.3. The van der Waals surface area contributed by atoms with E-state index in [9.17, 15) is 14.3 Å². The number of esters is 1. The lowest BCUT2D eigenvalue weighted by Gasteiger charge is -2.31. The predicted octanol–water partition coefficient (Wildman–Crippen LogP) is 0.784. The second kappa shape index (κ2) is 8.22. The molecule has 2 atom stereocenters. The lowest BCUT2D eigenvalue weighted by atomic mass is 9.98. The fourth-order valence-electron chi connectivity index (χ4n) is 2.72. The summed E-state index contributed by atoms with van der Waals surface area (Å²) >= 11 is 0. The molecule has 0 aliphatic carbocycles. The van der Waals surface area contributed by atoms with Crippen LogP contribution in [0.3, 0.4) is 0 Å². The van der Waals surface area contributed by atoms with Crippen molar-refractivity contribution in [3.63, 3.8) is 0 Å². The van der Waals surface area contributed by atoms with Gasteiger partial charge in [-0.2, -0.15) is 14.4 Å². The van der Waals surface area contributed by atoms with E-state index in [0.29, 0.717) is 5.56 Å². The van der Waals surface area contributed by atoms with Crippen LogP contribution < -0.4 is 5.73 Å². The predicted molar refractivity (Wildman–Crippen MR) is 101 cm³/mol. The van der Waals surface area contributed by atoms with E-state index in [1.807, 2.05) is 0 Å². The Labute approximate surface area is 165 Å². The minimum Gasteiger partial charge on any atom is -0.458 e. The van der Waals surface area contributed by atoms with Crippen LogP contribution in [0.4, 0.5) is 10.2 Å². The number of terminal acetylenes is 1. The molecule has 3 rings (SSSR count). The third-order valence-electron chi connectivity index (χ3n) is 4.41. The summed E-state index contributed by atoms with van der Waals surface area (Å²) in [5.41, 5.74) is 4.56. The molecule has 29 heavy (non-hydrogen) atoms. The maximum absolute atomic E-state index is 13.5. The molecule has 0 amide bonds. The van der Waals surface area contributed by atoms with Gasteiger partial charge in [0.2, 0.25) is 0 Å². The summed E-state index contributed by atoms with van der Waals surface area (Å²) in [6.07, 6.45) is 4.51. The number of benzene rings is 1. The van der Waals surface area contributed by atoms with Crippen molar-refractivity contribution in [2.45, 2.75) is 18.2 Å². The zero-order valence-corrected chi connectivity index (χ0v) is 15.4. The average Bonchev–Trinajstić information content (AvgIpc) is 3.12. The molecule has 2 aromatic heterocycles. The van der Waals surface area contributed by atoms with E-state index >= 15 is 0 Å². The number of carbonyl (C=O) groups is 1. The van der Waals surface area contributed by atoms with Gasteiger partial charge in [0.15, 0.2) is 17.1 Å². The smallest absolute Gasteiger partial charge is 0.338 e. The van der Waals surface area contributed by atoms with Gasteiger partial charge in [-0.15, -0.1) is 6.42 Å². The maximum Gasteiger partial charge on any atom is 0.338 e. The van der Waals surface area contributed by atoms with Gasteiger partial charge in [0, 0.05) is 7.11 Å². The number of carbonyl (C=O) groups excluding carboxylic acids is 1. The van der Waals surface area contributed by atoms with Crippen LogP contribution in [0.25, 0.3) is 11.2 Å². The van der Waals surface area contributed by atoms with Crippen molar-refractivity contribution in [3.05, 3.63) is 48.3 Å². The molecule has 150 valence electrons. The van der Waals surface area contributed by atoms with E-state index in [1.54, 1.807) is 30.3 Å². The van der Waals surface area contributed by atoms with Crippen LogP contribution >= 0.6 is 0 Å². The minimum atomic E-state index is -1.65. The van der Waals surface area contributed by atoms with Crippen LogP contribution in [-0.2, 0) is 16.0 Å². The number of hydrogen-bond donors (Lipinski definition) is 2. The molecular weight excluding hydrogens is 381 g/mol. The molecule has 0 fully saturated rings. The lowest BCUT2D eigenvalue weighted by Crippen LogP contribution is -2.49. The summed E-state index contributed by atoms with van der Waals surface area (Å²) in [5, 5.41) is 10.7.